The Balaban J connectivity index is 1.73. The van der Waals surface area contributed by atoms with Crippen LogP contribution in [0.1, 0.15) is 18.7 Å². The molecule has 1 aliphatic heterocycles. The molecule has 102 valence electrons. The molecule has 0 radical (unpaired) electrons. The van der Waals surface area contributed by atoms with Crippen molar-refractivity contribution in [2.75, 3.05) is 19.6 Å². The first-order valence-electron chi connectivity index (χ1n) is 7.06. The minimum Gasteiger partial charge on any atom is -0.392 e. The van der Waals surface area contributed by atoms with Crippen LogP contribution in [0.3, 0.4) is 0 Å². The van der Waals surface area contributed by atoms with Crippen LogP contribution in [0.5, 0.6) is 0 Å². The highest BCUT2D eigenvalue weighted by molar-refractivity contribution is 5.75. The molecule has 2 heterocycles. The summed E-state index contributed by atoms with van der Waals surface area (Å²) < 4.78 is 2.27. The Kier molecular flexibility index (Phi) is 3.53. The third-order valence-corrected chi connectivity index (χ3v) is 3.97. The van der Waals surface area contributed by atoms with E-state index >= 15 is 0 Å². The number of rotatable bonds is 3. The van der Waals surface area contributed by atoms with Gasteiger partial charge in [0.1, 0.15) is 5.82 Å². The molecule has 0 bridgehead atoms. The van der Waals surface area contributed by atoms with Gasteiger partial charge in [-0.25, -0.2) is 4.98 Å². The van der Waals surface area contributed by atoms with Gasteiger partial charge in [-0.2, -0.15) is 0 Å². The third kappa shape index (κ3) is 2.65. The molecule has 0 amide bonds. The van der Waals surface area contributed by atoms with Crippen LogP contribution in [0.2, 0.25) is 0 Å². The van der Waals surface area contributed by atoms with Crippen molar-refractivity contribution < 1.29 is 5.11 Å². The van der Waals surface area contributed by atoms with E-state index in [1.165, 1.54) is 5.52 Å². The molecule has 1 N–H and O–H groups in total. The Labute approximate surface area is 113 Å². The van der Waals surface area contributed by atoms with Crippen LogP contribution in [0.15, 0.2) is 24.3 Å². The highest BCUT2D eigenvalue weighted by atomic mass is 16.3. The highest BCUT2D eigenvalue weighted by Crippen LogP contribution is 2.16. The van der Waals surface area contributed by atoms with Crippen LogP contribution in [0.4, 0.5) is 0 Å². The van der Waals surface area contributed by atoms with E-state index in [1.54, 1.807) is 0 Å². The standard InChI is InChI=1S/C15H21N3O/c1-12-16-14-6-2-3-7-15(14)18(12)10-9-17-8-4-5-13(19)11-17/h2-3,6-7,13,19H,4-5,8-11H2,1H3. The van der Waals surface area contributed by atoms with Gasteiger partial charge in [0.05, 0.1) is 17.1 Å². The van der Waals surface area contributed by atoms with Crippen molar-refractivity contribution in [3.63, 3.8) is 0 Å². The Bertz CT molecular complexity index is 564. The van der Waals surface area contributed by atoms with E-state index < -0.39 is 0 Å². The first kappa shape index (κ1) is 12.6. The zero-order valence-corrected chi connectivity index (χ0v) is 11.4. The predicted octanol–water partition coefficient (Wildman–Crippen LogP) is 1.80. The van der Waals surface area contributed by atoms with E-state index in [0.29, 0.717) is 0 Å². The molecule has 4 nitrogen and oxygen atoms in total. The van der Waals surface area contributed by atoms with Gasteiger partial charge in [-0.3, -0.25) is 4.90 Å². The number of imidazole rings is 1. The molecular formula is C15H21N3O. The van der Waals surface area contributed by atoms with Gasteiger partial charge in [0.15, 0.2) is 0 Å². The van der Waals surface area contributed by atoms with Gasteiger partial charge in [0, 0.05) is 19.6 Å². The largest absolute Gasteiger partial charge is 0.392 e. The number of aryl methyl sites for hydroxylation is 1. The molecule has 1 aliphatic rings. The second-order valence-electron chi connectivity index (χ2n) is 5.40. The van der Waals surface area contributed by atoms with Crippen molar-refractivity contribution in [3.8, 4) is 0 Å². The molecule has 19 heavy (non-hydrogen) atoms. The zero-order chi connectivity index (χ0) is 13.2. The van der Waals surface area contributed by atoms with Crippen LogP contribution in [-0.2, 0) is 6.54 Å². The summed E-state index contributed by atoms with van der Waals surface area (Å²) in [5, 5.41) is 9.70. The number of hydrogen-bond donors (Lipinski definition) is 1. The second-order valence-corrected chi connectivity index (χ2v) is 5.40. The van der Waals surface area contributed by atoms with Gasteiger partial charge in [-0.15, -0.1) is 0 Å². The number of β-amino-alcohol motifs (C(OH)–C–C–N with tert-alkyl or cyclic N) is 1. The molecule has 1 saturated heterocycles. The van der Waals surface area contributed by atoms with E-state index in [4.69, 9.17) is 0 Å². The van der Waals surface area contributed by atoms with Crippen molar-refractivity contribution >= 4 is 11.0 Å². The monoisotopic (exact) mass is 259 g/mol. The summed E-state index contributed by atoms with van der Waals surface area (Å²) in [6, 6.07) is 8.27. The predicted molar refractivity (Wildman–Crippen MR) is 76.2 cm³/mol. The molecule has 2 aromatic rings. The SMILES string of the molecule is Cc1nc2ccccc2n1CCN1CCCC(O)C1. The summed E-state index contributed by atoms with van der Waals surface area (Å²) >= 11 is 0. The molecule has 0 saturated carbocycles. The average Bonchev–Trinajstić information content (AvgIpc) is 2.72. The topological polar surface area (TPSA) is 41.3 Å². The maximum absolute atomic E-state index is 9.70. The molecule has 3 rings (SSSR count). The van der Waals surface area contributed by atoms with Crippen LogP contribution >= 0.6 is 0 Å². The van der Waals surface area contributed by atoms with E-state index in [2.05, 4.69) is 39.6 Å². The molecule has 1 atom stereocenters. The van der Waals surface area contributed by atoms with Gasteiger partial charge in [0.2, 0.25) is 0 Å². The number of aliphatic hydroxyl groups excluding tert-OH is 1. The Morgan fingerprint density at radius 2 is 2.16 bits per heavy atom. The maximum atomic E-state index is 9.70. The van der Waals surface area contributed by atoms with Gasteiger partial charge < -0.3 is 9.67 Å². The fraction of sp³-hybridized carbons (Fsp3) is 0.533. The average molecular weight is 259 g/mol. The zero-order valence-electron chi connectivity index (χ0n) is 11.4. The summed E-state index contributed by atoms with van der Waals surface area (Å²) in [5.41, 5.74) is 2.27. The van der Waals surface area contributed by atoms with Crippen LogP contribution in [0, 0.1) is 6.92 Å². The number of piperidine rings is 1. The summed E-state index contributed by atoms with van der Waals surface area (Å²) in [4.78, 5) is 6.94. The molecule has 0 aliphatic carbocycles. The summed E-state index contributed by atoms with van der Waals surface area (Å²) in [6.07, 6.45) is 1.91. The Morgan fingerprint density at radius 3 is 3.00 bits per heavy atom. The molecule has 0 spiro atoms. The number of para-hydroxylation sites is 2. The fourth-order valence-corrected chi connectivity index (χ4v) is 2.95. The number of aliphatic hydroxyl groups is 1. The van der Waals surface area contributed by atoms with Crippen molar-refractivity contribution in [1.29, 1.82) is 0 Å². The molecule has 1 aromatic carbocycles. The lowest BCUT2D eigenvalue weighted by atomic mass is 10.1. The first-order valence-corrected chi connectivity index (χ1v) is 7.06. The van der Waals surface area contributed by atoms with Gasteiger partial charge in [0.25, 0.3) is 0 Å². The molecule has 1 fully saturated rings. The van der Waals surface area contributed by atoms with Crippen molar-refractivity contribution in [2.45, 2.75) is 32.4 Å². The van der Waals surface area contributed by atoms with Crippen LogP contribution in [-0.4, -0.2) is 45.3 Å². The first-order chi connectivity index (χ1) is 9.24. The number of hydrogen-bond acceptors (Lipinski definition) is 3. The van der Waals surface area contributed by atoms with Crippen molar-refractivity contribution in [3.05, 3.63) is 30.1 Å². The van der Waals surface area contributed by atoms with Gasteiger partial charge in [-0.1, -0.05) is 12.1 Å². The number of aromatic nitrogens is 2. The van der Waals surface area contributed by atoms with E-state index in [1.807, 2.05) is 6.07 Å². The number of likely N-dealkylation sites (tertiary alicyclic amines) is 1. The van der Waals surface area contributed by atoms with Crippen LogP contribution < -0.4 is 0 Å². The summed E-state index contributed by atoms with van der Waals surface area (Å²) in [6.45, 7) is 5.90. The Hall–Kier alpha value is -1.39. The summed E-state index contributed by atoms with van der Waals surface area (Å²) in [5.74, 6) is 1.07. The lowest BCUT2D eigenvalue weighted by Crippen LogP contribution is -2.39. The maximum Gasteiger partial charge on any atom is 0.106 e. The third-order valence-electron chi connectivity index (χ3n) is 3.97. The van der Waals surface area contributed by atoms with Crippen LogP contribution in [0.25, 0.3) is 11.0 Å². The van der Waals surface area contributed by atoms with Gasteiger partial charge in [-0.05, 0) is 38.4 Å². The number of fused-ring (bicyclic) bond motifs is 1. The number of nitrogens with zero attached hydrogens (tertiary/aromatic N) is 3. The Morgan fingerprint density at radius 1 is 1.32 bits per heavy atom. The molecule has 4 heteroatoms. The van der Waals surface area contributed by atoms with Gasteiger partial charge >= 0.3 is 0 Å². The normalized spacial score (nSPS) is 21.1. The van der Waals surface area contributed by atoms with Crippen molar-refractivity contribution in [1.82, 2.24) is 14.5 Å². The highest BCUT2D eigenvalue weighted by Gasteiger charge is 2.17. The second kappa shape index (κ2) is 5.31. The fourth-order valence-electron chi connectivity index (χ4n) is 2.95. The number of benzene rings is 1. The lowest BCUT2D eigenvalue weighted by Gasteiger charge is -2.30. The van der Waals surface area contributed by atoms with E-state index in [0.717, 1.165) is 50.4 Å². The molecule has 1 unspecified atom stereocenters. The molecular weight excluding hydrogens is 238 g/mol. The molecule has 1 aromatic heterocycles. The van der Waals surface area contributed by atoms with E-state index in [-0.39, 0.29) is 6.10 Å². The quantitative estimate of drug-likeness (QED) is 0.914. The minimum atomic E-state index is -0.144. The van der Waals surface area contributed by atoms with E-state index in [9.17, 15) is 5.11 Å². The van der Waals surface area contributed by atoms with Crippen molar-refractivity contribution in [2.24, 2.45) is 0 Å². The summed E-state index contributed by atoms with van der Waals surface area (Å²) in [7, 11) is 0. The minimum absolute atomic E-state index is 0.144. The lowest BCUT2D eigenvalue weighted by molar-refractivity contribution is 0.0690. The smallest absolute Gasteiger partial charge is 0.106 e.